The van der Waals surface area contributed by atoms with Crippen LogP contribution in [0.25, 0.3) is 17.0 Å². The fraction of sp³-hybridized carbons (Fsp3) is 0.333. The van der Waals surface area contributed by atoms with Gasteiger partial charge in [-0.25, -0.2) is 13.8 Å². The van der Waals surface area contributed by atoms with Crippen LogP contribution in [0.5, 0.6) is 5.75 Å². The van der Waals surface area contributed by atoms with Crippen LogP contribution in [0.2, 0.25) is 0 Å². The maximum absolute atomic E-state index is 14.4. The molecular weight excluding hydrogens is 518 g/mol. The molecule has 2 heterocycles. The van der Waals surface area contributed by atoms with Crippen molar-refractivity contribution in [2.75, 3.05) is 13.1 Å². The number of nitrogens with zero attached hydrogens (tertiary/aromatic N) is 2. The lowest BCUT2D eigenvalue weighted by Crippen LogP contribution is -2.49. The van der Waals surface area contributed by atoms with Crippen molar-refractivity contribution in [1.29, 1.82) is 0 Å². The van der Waals surface area contributed by atoms with Gasteiger partial charge >= 0.3 is 0 Å². The number of likely N-dealkylation sites (tertiary alicyclic amines) is 1. The summed E-state index contributed by atoms with van der Waals surface area (Å²) >= 11 is 0. The predicted molar refractivity (Wildman–Crippen MR) is 145 cm³/mol. The molecule has 2 aliphatic rings. The molecule has 1 aliphatic heterocycles. The zero-order valence-electron chi connectivity index (χ0n) is 21.9. The first-order chi connectivity index (χ1) is 19.2. The molecule has 10 heteroatoms. The Morgan fingerprint density at radius 2 is 1.95 bits per heavy atom. The molecule has 5 rings (SSSR count). The van der Waals surface area contributed by atoms with Gasteiger partial charge in [0.25, 0.3) is 5.91 Å². The SMILES string of the molecule is C[C@H](NC(=O)[C@@H]1C[C@@H](F)CN1C(=O)CNC(=O)c1ccc2cc(F)ccc2n1)c1ccc(O)cc1/C=C/C1CC1. The van der Waals surface area contributed by atoms with Crippen molar-refractivity contribution in [2.45, 2.75) is 44.4 Å². The number of allylic oxidation sites excluding steroid dienone is 1. The van der Waals surface area contributed by atoms with Crippen molar-refractivity contribution in [3.63, 3.8) is 0 Å². The molecule has 1 saturated carbocycles. The van der Waals surface area contributed by atoms with E-state index in [9.17, 15) is 28.3 Å². The molecular formula is C30H30F2N4O4. The number of phenolic OH excluding ortho intramolecular Hbond substituents is 1. The summed E-state index contributed by atoms with van der Waals surface area (Å²) in [4.78, 5) is 44.1. The third-order valence-corrected chi connectivity index (χ3v) is 7.22. The summed E-state index contributed by atoms with van der Waals surface area (Å²) in [7, 11) is 0. The third-order valence-electron chi connectivity index (χ3n) is 7.22. The van der Waals surface area contributed by atoms with Crippen LogP contribution in [0.3, 0.4) is 0 Å². The molecule has 3 atom stereocenters. The molecule has 2 aromatic carbocycles. The molecule has 0 radical (unpaired) electrons. The molecule has 208 valence electrons. The minimum atomic E-state index is -1.38. The van der Waals surface area contributed by atoms with Crippen molar-refractivity contribution in [2.24, 2.45) is 5.92 Å². The first-order valence-electron chi connectivity index (χ1n) is 13.3. The fourth-order valence-electron chi connectivity index (χ4n) is 4.90. The Morgan fingerprint density at radius 3 is 2.73 bits per heavy atom. The van der Waals surface area contributed by atoms with Crippen LogP contribution in [0.1, 0.15) is 53.8 Å². The number of hydrogen-bond acceptors (Lipinski definition) is 5. The number of hydrogen-bond donors (Lipinski definition) is 3. The average molecular weight is 549 g/mol. The second-order valence-electron chi connectivity index (χ2n) is 10.4. The average Bonchev–Trinajstić information content (AvgIpc) is 3.68. The van der Waals surface area contributed by atoms with Crippen LogP contribution in [-0.2, 0) is 9.59 Å². The van der Waals surface area contributed by atoms with Gasteiger partial charge in [0.15, 0.2) is 0 Å². The molecule has 0 unspecified atom stereocenters. The van der Waals surface area contributed by atoms with Crippen LogP contribution in [0.4, 0.5) is 8.78 Å². The smallest absolute Gasteiger partial charge is 0.270 e. The van der Waals surface area contributed by atoms with Crippen molar-refractivity contribution < 1.29 is 28.3 Å². The van der Waals surface area contributed by atoms with Gasteiger partial charge in [-0.3, -0.25) is 14.4 Å². The van der Waals surface area contributed by atoms with E-state index < -0.39 is 48.3 Å². The Hall–Kier alpha value is -4.34. The molecule has 0 bridgehead atoms. The van der Waals surface area contributed by atoms with Gasteiger partial charge in [-0.05, 0) is 73.2 Å². The highest BCUT2D eigenvalue weighted by atomic mass is 19.1. The number of benzene rings is 2. The number of carbonyl (C=O) groups is 3. The number of amides is 3. The van der Waals surface area contributed by atoms with Crippen LogP contribution in [0, 0.1) is 11.7 Å². The molecule has 1 saturated heterocycles. The Morgan fingerprint density at radius 1 is 1.15 bits per heavy atom. The topological polar surface area (TPSA) is 112 Å². The van der Waals surface area contributed by atoms with Gasteiger partial charge in [-0.2, -0.15) is 0 Å². The molecule has 1 aromatic heterocycles. The number of fused-ring (bicyclic) bond motifs is 1. The summed E-state index contributed by atoms with van der Waals surface area (Å²) in [5, 5.41) is 15.8. The second-order valence-corrected chi connectivity index (χ2v) is 10.4. The highest BCUT2D eigenvalue weighted by molar-refractivity contribution is 5.97. The first kappa shape index (κ1) is 27.2. The number of carbonyl (C=O) groups excluding carboxylic acids is 3. The number of aromatic hydroxyl groups is 1. The van der Waals surface area contributed by atoms with Crippen molar-refractivity contribution in [1.82, 2.24) is 20.5 Å². The van der Waals surface area contributed by atoms with Crippen LogP contribution < -0.4 is 10.6 Å². The third kappa shape index (κ3) is 6.27. The van der Waals surface area contributed by atoms with E-state index >= 15 is 0 Å². The fourth-order valence-corrected chi connectivity index (χ4v) is 4.90. The molecule has 8 nitrogen and oxygen atoms in total. The van der Waals surface area contributed by atoms with Crippen molar-refractivity contribution in [3.8, 4) is 5.75 Å². The number of pyridine rings is 1. The highest BCUT2D eigenvalue weighted by Crippen LogP contribution is 2.32. The quantitative estimate of drug-likeness (QED) is 0.393. The molecule has 3 amide bonds. The maximum atomic E-state index is 14.4. The molecule has 1 aliphatic carbocycles. The Kier molecular flexibility index (Phi) is 7.77. The number of phenols is 1. The summed E-state index contributed by atoms with van der Waals surface area (Å²) < 4.78 is 27.8. The highest BCUT2D eigenvalue weighted by Gasteiger charge is 2.40. The second kappa shape index (κ2) is 11.4. The van der Waals surface area contributed by atoms with Gasteiger partial charge in [0.2, 0.25) is 11.8 Å². The van der Waals surface area contributed by atoms with E-state index in [1.165, 1.54) is 24.3 Å². The minimum absolute atomic E-state index is 0.0419. The van der Waals surface area contributed by atoms with Crippen LogP contribution >= 0.6 is 0 Å². The lowest BCUT2D eigenvalue weighted by Gasteiger charge is -2.26. The lowest BCUT2D eigenvalue weighted by atomic mass is 9.99. The van der Waals surface area contributed by atoms with Gasteiger partial charge in [0.1, 0.15) is 29.5 Å². The molecule has 3 aromatic rings. The van der Waals surface area contributed by atoms with Gasteiger partial charge in [-0.15, -0.1) is 0 Å². The van der Waals surface area contributed by atoms with Crippen LogP contribution in [0.15, 0.2) is 54.6 Å². The van der Waals surface area contributed by atoms with Crippen LogP contribution in [-0.4, -0.2) is 58.0 Å². The standard InChI is InChI=1S/C30H30F2N4O4/c1-17(24-9-8-23(37)13-19(24)5-4-18-2-3-18)34-30(40)27-14-22(32)16-36(27)28(38)15-33-29(39)26-10-6-20-12-21(31)7-11-25(20)35-26/h4-13,17-18,22,27,37H,2-3,14-16H2,1H3,(H,33,39)(H,34,40)/b5-4+/t17-,22+,27-/m0/s1. The van der Waals surface area contributed by atoms with E-state index in [0.29, 0.717) is 16.8 Å². The van der Waals surface area contributed by atoms with E-state index in [2.05, 4.69) is 21.7 Å². The molecule has 0 spiro atoms. The Labute approximate surface area is 230 Å². The molecule has 40 heavy (non-hydrogen) atoms. The number of aromatic nitrogens is 1. The van der Waals surface area contributed by atoms with Gasteiger partial charge < -0.3 is 20.6 Å². The molecule has 2 fully saturated rings. The number of alkyl halides is 1. The van der Waals surface area contributed by atoms with Crippen molar-refractivity contribution >= 4 is 34.7 Å². The van der Waals surface area contributed by atoms with E-state index in [-0.39, 0.29) is 24.4 Å². The summed E-state index contributed by atoms with van der Waals surface area (Å²) in [5.41, 5.74) is 2.03. The minimum Gasteiger partial charge on any atom is -0.508 e. The monoisotopic (exact) mass is 548 g/mol. The Bertz CT molecular complexity index is 1490. The largest absolute Gasteiger partial charge is 0.508 e. The van der Waals surface area contributed by atoms with Gasteiger partial charge in [0, 0.05) is 11.8 Å². The number of halogens is 2. The zero-order valence-corrected chi connectivity index (χ0v) is 21.9. The Balaban J connectivity index is 1.22. The van der Waals surface area contributed by atoms with E-state index in [1.54, 1.807) is 31.2 Å². The van der Waals surface area contributed by atoms with E-state index in [0.717, 1.165) is 28.9 Å². The summed E-state index contributed by atoms with van der Waals surface area (Å²) in [6.45, 7) is 1.09. The lowest BCUT2D eigenvalue weighted by molar-refractivity contribution is -0.138. The normalized spacial score (nSPS) is 19.6. The van der Waals surface area contributed by atoms with E-state index in [1.807, 2.05) is 6.08 Å². The summed E-state index contributed by atoms with van der Waals surface area (Å²) in [6, 6.07) is 10.4. The predicted octanol–water partition coefficient (Wildman–Crippen LogP) is 4.05. The van der Waals surface area contributed by atoms with E-state index in [4.69, 9.17) is 0 Å². The number of nitrogens with one attached hydrogen (secondary N) is 2. The molecule has 3 N–H and O–H groups in total. The summed E-state index contributed by atoms with van der Waals surface area (Å²) in [5.74, 6) is -1.50. The number of rotatable bonds is 8. The summed E-state index contributed by atoms with van der Waals surface area (Å²) in [6.07, 6.45) is 4.76. The maximum Gasteiger partial charge on any atom is 0.270 e. The zero-order chi connectivity index (χ0) is 28.4. The van der Waals surface area contributed by atoms with Gasteiger partial charge in [-0.1, -0.05) is 24.3 Å². The van der Waals surface area contributed by atoms with Crippen molar-refractivity contribution in [3.05, 3.63) is 77.2 Å². The first-order valence-corrected chi connectivity index (χ1v) is 13.3. The van der Waals surface area contributed by atoms with Gasteiger partial charge in [0.05, 0.1) is 24.6 Å².